The van der Waals surface area contributed by atoms with Crippen LogP contribution >= 0.6 is 12.8 Å². The summed E-state index contributed by atoms with van der Waals surface area (Å²) in [4.78, 5) is 10.8. The van der Waals surface area contributed by atoms with Crippen molar-refractivity contribution >= 4 is 18.8 Å². The van der Waals surface area contributed by atoms with Gasteiger partial charge in [0.2, 0.25) is 0 Å². The number of nitrogens with zero attached hydrogens (tertiary/aromatic N) is 1. The molecule has 1 aromatic rings. The van der Waals surface area contributed by atoms with Crippen LogP contribution in [-0.4, -0.2) is 21.9 Å². The Kier molecular flexibility index (Phi) is 3.29. The van der Waals surface area contributed by atoms with Crippen LogP contribution in [-0.2, 0) is 19.1 Å². The third-order valence-electron chi connectivity index (χ3n) is 2.87. The van der Waals surface area contributed by atoms with Crippen molar-refractivity contribution in [2.45, 2.75) is 19.1 Å². The summed E-state index contributed by atoms with van der Waals surface area (Å²) in [6, 6.07) is 2.00. The second kappa shape index (κ2) is 4.47. The lowest BCUT2D eigenvalue weighted by Gasteiger charge is -2.27. The van der Waals surface area contributed by atoms with Gasteiger partial charge in [0.15, 0.2) is 0 Å². The number of fused-ring (bicyclic) bond motifs is 1. The lowest BCUT2D eigenvalue weighted by molar-refractivity contribution is -0.138. The second-order valence-electron chi connectivity index (χ2n) is 4.10. The maximum absolute atomic E-state index is 12.9. The lowest BCUT2D eigenvalue weighted by Crippen LogP contribution is -2.26. The van der Waals surface area contributed by atoms with Crippen LogP contribution in [0.4, 0.5) is 13.2 Å². The Bertz CT molecular complexity index is 502. The number of halogens is 3. The number of carbonyl (C=O) groups is 1. The molecule has 1 N–H and O–H groups in total. The van der Waals surface area contributed by atoms with Crippen LogP contribution in [0.15, 0.2) is 12.1 Å². The molecule has 7 heteroatoms. The van der Waals surface area contributed by atoms with Crippen LogP contribution in [0.25, 0.3) is 0 Å². The minimum Gasteiger partial charge on any atom is -0.478 e. The molecule has 0 saturated carbocycles. The molecule has 1 aliphatic rings. The first kappa shape index (κ1) is 13.2. The first-order valence-electron chi connectivity index (χ1n) is 5.19. The number of rotatable bonds is 1. The second-order valence-corrected chi connectivity index (χ2v) is 4.67. The number of alkyl halides is 3. The molecule has 0 amide bonds. The molecule has 3 nitrogen and oxygen atoms in total. The van der Waals surface area contributed by atoms with Crippen molar-refractivity contribution in [2.24, 2.45) is 0 Å². The van der Waals surface area contributed by atoms with Crippen LogP contribution in [0, 0.1) is 0 Å². The molecule has 0 radical (unpaired) electrons. The standard InChI is InChI=1S/C11H10F3NO2S/c12-11(13,14)9-4-7(10(16)17)3-6-1-2-15(18)5-8(6)9/h3-4,18H,1-2,5H2,(H,16,17). The van der Waals surface area contributed by atoms with E-state index in [0.717, 1.165) is 0 Å². The Balaban J connectivity index is 2.61. The van der Waals surface area contributed by atoms with Crippen LogP contribution in [0.5, 0.6) is 0 Å². The number of hydrogen-bond donors (Lipinski definition) is 2. The van der Waals surface area contributed by atoms with Gasteiger partial charge in [-0.2, -0.15) is 13.2 Å². The van der Waals surface area contributed by atoms with Gasteiger partial charge in [0, 0.05) is 13.1 Å². The zero-order valence-electron chi connectivity index (χ0n) is 9.16. The van der Waals surface area contributed by atoms with E-state index in [4.69, 9.17) is 5.11 Å². The van der Waals surface area contributed by atoms with Crippen LogP contribution in [0.3, 0.4) is 0 Å². The predicted octanol–water partition coefficient (Wildman–Crippen LogP) is 2.61. The Morgan fingerprint density at radius 1 is 1.39 bits per heavy atom. The SMILES string of the molecule is O=C(O)c1cc2c(c(C(F)(F)F)c1)CN(S)CC2. The molecule has 2 rings (SSSR count). The van der Waals surface area contributed by atoms with Gasteiger partial charge in [-0.3, -0.25) is 0 Å². The first-order valence-corrected chi connectivity index (χ1v) is 5.59. The van der Waals surface area contributed by atoms with E-state index in [9.17, 15) is 18.0 Å². The highest BCUT2D eigenvalue weighted by molar-refractivity contribution is 7.77. The van der Waals surface area contributed by atoms with Crippen molar-refractivity contribution in [2.75, 3.05) is 6.54 Å². The molecular weight excluding hydrogens is 267 g/mol. The van der Waals surface area contributed by atoms with Gasteiger partial charge in [-0.05, 0) is 29.7 Å². The number of carboxylic acid groups (broad SMARTS) is 1. The molecule has 1 heterocycles. The number of aromatic carboxylic acids is 1. The average molecular weight is 277 g/mol. The Morgan fingerprint density at radius 2 is 2.06 bits per heavy atom. The molecule has 1 aliphatic heterocycles. The third kappa shape index (κ3) is 2.46. The van der Waals surface area contributed by atoms with E-state index >= 15 is 0 Å². The number of hydrogen-bond acceptors (Lipinski definition) is 3. The summed E-state index contributed by atoms with van der Waals surface area (Å²) in [5.41, 5.74) is -0.647. The van der Waals surface area contributed by atoms with Crippen molar-refractivity contribution < 1.29 is 23.1 Å². The van der Waals surface area contributed by atoms with Crippen molar-refractivity contribution in [3.05, 3.63) is 34.4 Å². The molecule has 98 valence electrons. The van der Waals surface area contributed by atoms with E-state index in [1.54, 1.807) is 0 Å². The van der Waals surface area contributed by atoms with E-state index in [0.29, 0.717) is 24.6 Å². The highest BCUT2D eigenvalue weighted by Gasteiger charge is 2.36. The molecule has 0 saturated heterocycles. The summed E-state index contributed by atoms with van der Waals surface area (Å²) in [6.45, 7) is 0.559. The zero-order chi connectivity index (χ0) is 13.5. The van der Waals surface area contributed by atoms with Gasteiger partial charge in [0.25, 0.3) is 0 Å². The van der Waals surface area contributed by atoms with Gasteiger partial charge in [-0.25, -0.2) is 9.10 Å². The minimum atomic E-state index is -4.55. The molecule has 18 heavy (non-hydrogen) atoms. The number of carboxylic acids is 1. The number of benzene rings is 1. The summed E-state index contributed by atoms with van der Waals surface area (Å²) in [5.74, 6) is -1.35. The summed E-state index contributed by atoms with van der Waals surface area (Å²) < 4.78 is 40.2. The quantitative estimate of drug-likeness (QED) is 0.775. The largest absolute Gasteiger partial charge is 0.478 e. The fourth-order valence-corrected chi connectivity index (χ4v) is 2.27. The average Bonchev–Trinajstić information content (AvgIpc) is 2.26. The first-order chi connectivity index (χ1) is 8.29. The Morgan fingerprint density at radius 3 is 2.61 bits per heavy atom. The van der Waals surface area contributed by atoms with Crippen molar-refractivity contribution in [1.82, 2.24) is 4.31 Å². The van der Waals surface area contributed by atoms with Crippen LogP contribution in [0.1, 0.15) is 27.0 Å². The maximum atomic E-state index is 12.9. The normalized spacial score (nSPS) is 16.4. The van der Waals surface area contributed by atoms with Gasteiger partial charge >= 0.3 is 12.1 Å². The molecular formula is C11H10F3NO2S. The monoisotopic (exact) mass is 277 g/mol. The Labute approximate surface area is 107 Å². The molecule has 0 spiro atoms. The molecule has 0 unspecified atom stereocenters. The molecule has 0 atom stereocenters. The van der Waals surface area contributed by atoms with E-state index < -0.39 is 17.7 Å². The van der Waals surface area contributed by atoms with E-state index in [1.807, 2.05) is 0 Å². The minimum absolute atomic E-state index is 0.0627. The predicted molar refractivity (Wildman–Crippen MR) is 61.5 cm³/mol. The van der Waals surface area contributed by atoms with Gasteiger partial charge in [-0.15, -0.1) is 0 Å². The molecule has 0 bridgehead atoms. The zero-order valence-corrected chi connectivity index (χ0v) is 10.1. The van der Waals surface area contributed by atoms with Crippen molar-refractivity contribution in [3.63, 3.8) is 0 Å². The molecule has 0 aromatic heterocycles. The number of thiol groups is 1. The smallest absolute Gasteiger partial charge is 0.416 e. The highest BCUT2D eigenvalue weighted by atomic mass is 32.1. The van der Waals surface area contributed by atoms with Crippen LogP contribution < -0.4 is 0 Å². The van der Waals surface area contributed by atoms with Crippen molar-refractivity contribution in [3.8, 4) is 0 Å². The van der Waals surface area contributed by atoms with E-state index in [-0.39, 0.29) is 17.7 Å². The summed E-state index contributed by atoms with van der Waals surface area (Å²) in [7, 11) is 0. The third-order valence-corrected chi connectivity index (χ3v) is 3.22. The van der Waals surface area contributed by atoms with Gasteiger partial charge < -0.3 is 5.11 Å². The van der Waals surface area contributed by atoms with Crippen molar-refractivity contribution in [1.29, 1.82) is 0 Å². The molecule has 0 fully saturated rings. The fourth-order valence-electron chi connectivity index (χ4n) is 2.03. The highest BCUT2D eigenvalue weighted by Crippen LogP contribution is 2.36. The Hall–Kier alpha value is -1.21. The summed E-state index contributed by atoms with van der Waals surface area (Å²) >= 11 is 4.05. The summed E-state index contributed by atoms with van der Waals surface area (Å²) in [5, 5.41) is 8.84. The maximum Gasteiger partial charge on any atom is 0.416 e. The molecule has 0 aliphatic carbocycles. The van der Waals surface area contributed by atoms with Gasteiger partial charge in [0.05, 0.1) is 11.1 Å². The van der Waals surface area contributed by atoms with E-state index in [1.165, 1.54) is 10.4 Å². The topological polar surface area (TPSA) is 40.5 Å². The summed E-state index contributed by atoms with van der Waals surface area (Å²) in [6.07, 6.45) is -4.19. The lowest BCUT2D eigenvalue weighted by atomic mass is 9.93. The van der Waals surface area contributed by atoms with Gasteiger partial charge in [-0.1, -0.05) is 12.8 Å². The van der Waals surface area contributed by atoms with Crippen LogP contribution in [0.2, 0.25) is 0 Å². The molecule has 1 aromatic carbocycles. The van der Waals surface area contributed by atoms with E-state index in [2.05, 4.69) is 12.8 Å². The fraction of sp³-hybridized carbons (Fsp3) is 0.364. The van der Waals surface area contributed by atoms with Gasteiger partial charge in [0.1, 0.15) is 0 Å².